The minimum absolute atomic E-state index is 0.0295. The molecule has 5 aliphatic rings. The molecule has 1 unspecified atom stereocenters. The lowest BCUT2D eigenvalue weighted by Crippen LogP contribution is -2.50. The number of halogens is 1. The molecule has 3 aliphatic carbocycles. The summed E-state index contributed by atoms with van der Waals surface area (Å²) in [5.74, 6) is 0.705. The lowest BCUT2D eigenvalue weighted by Gasteiger charge is -2.44. The van der Waals surface area contributed by atoms with Crippen LogP contribution in [0.2, 0.25) is 5.02 Å². The Balaban J connectivity index is 1.40. The van der Waals surface area contributed by atoms with Crippen LogP contribution in [0.15, 0.2) is 29.2 Å². The minimum atomic E-state index is -0.609. The summed E-state index contributed by atoms with van der Waals surface area (Å²) in [6.07, 6.45) is 6.51. The number of carbonyl (C=O) groups is 1. The molecule has 1 aromatic heterocycles. The van der Waals surface area contributed by atoms with E-state index in [1.807, 2.05) is 16.8 Å². The Kier molecular flexibility index (Phi) is 5.21. The van der Waals surface area contributed by atoms with E-state index in [-0.39, 0.29) is 40.5 Å². The molecule has 7 nitrogen and oxygen atoms in total. The van der Waals surface area contributed by atoms with Gasteiger partial charge in [-0.3, -0.25) is 14.5 Å². The monoisotopic (exact) mass is 507 g/mol. The molecular weight excluding hydrogens is 478 g/mol. The molecule has 4 fully saturated rings. The molecular formula is C28H30ClN3O4. The zero-order valence-electron chi connectivity index (χ0n) is 20.8. The molecule has 8 heteroatoms. The predicted molar refractivity (Wildman–Crippen MR) is 136 cm³/mol. The van der Waals surface area contributed by atoms with E-state index >= 15 is 0 Å². The molecule has 2 aromatic rings. The van der Waals surface area contributed by atoms with Crippen molar-refractivity contribution in [2.24, 2.45) is 17.3 Å². The number of benzene rings is 1. The van der Waals surface area contributed by atoms with Crippen molar-refractivity contribution in [3.8, 4) is 23.1 Å². The second-order valence-electron chi connectivity index (χ2n) is 11.5. The van der Waals surface area contributed by atoms with Crippen LogP contribution in [0.3, 0.4) is 0 Å². The largest absolute Gasteiger partial charge is 0.491 e. The van der Waals surface area contributed by atoms with E-state index in [9.17, 15) is 14.9 Å². The van der Waals surface area contributed by atoms with Crippen molar-refractivity contribution in [2.75, 3.05) is 18.2 Å². The van der Waals surface area contributed by atoms with Gasteiger partial charge in [0, 0.05) is 29.2 Å². The standard InChI is InChI=1S/C28H30ClN3O4/c1-4-35-26(34)20-14-31-23(9-24(20)33)18-7-21(29)25(8-19(18)22-5-6-27(2,3)32(22)31)36-15-28-10-16(11-28)17(12-28)13-30/h7-9,14,16-17,22H,4-6,10-12,15H2,1-3H3/t16?,17?,22-,28?/m1/s1. The van der Waals surface area contributed by atoms with Crippen LogP contribution in [0.4, 0.5) is 0 Å². The Hall–Kier alpha value is -2.98. The van der Waals surface area contributed by atoms with Gasteiger partial charge in [-0.2, -0.15) is 5.26 Å². The maximum absolute atomic E-state index is 12.9. The normalized spacial score (nSPS) is 28.4. The average molecular weight is 508 g/mol. The summed E-state index contributed by atoms with van der Waals surface area (Å²) < 4.78 is 13.4. The third-order valence-electron chi connectivity index (χ3n) is 8.76. The van der Waals surface area contributed by atoms with Gasteiger partial charge in [-0.05, 0) is 76.5 Å². The zero-order chi connectivity index (χ0) is 25.4. The van der Waals surface area contributed by atoms with E-state index in [2.05, 4.69) is 24.9 Å². The molecule has 3 saturated carbocycles. The van der Waals surface area contributed by atoms with E-state index < -0.39 is 5.97 Å². The van der Waals surface area contributed by atoms with Crippen LogP contribution in [-0.4, -0.2) is 29.4 Å². The van der Waals surface area contributed by atoms with Gasteiger partial charge in [-0.15, -0.1) is 0 Å². The van der Waals surface area contributed by atoms with Crippen molar-refractivity contribution in [3.05, 3.63) is 50.8 Å². The topological polar surface area (TPSA) is 84.6 Å². The minimum Gasteiger partial charge on any atom is -0.491 e. The third-order valence-corrected chi connectivity index (χ3v) is 9.05. The fourth-order valence-electron chi connectivity index (χ4n) is 7.02. The van der Waals surface area contributed by atoms with Crippen LogP contribution < -0.4 is 15.2 Å². The van der Waals surface area contributed by atoms with Gasteiger partial charge in [0.1, 0.15) is 11.3 Å². The first-order valence-electron chi connectivity index (χ1n) is 12.8. The molecule has 1 aromatic carbocycles. The Morgan fingerprint density at radius 2 is 2.03 bits per heavy atom. The summed E-state index contributed by atoms with van der Waals surface area (Å²) in [6, 6.07) is 7.94. The number of pyridine rings is 1. The van der Waals surface area contributed by atoms with Crippen molar-refractivity contribution < 1.29 is 14.3 Å². The van der Waals surface area contributed by atoms with Gasteiger partial charge in [0.25, 0.3) is 0 Å². The van der Waals surface area contributed by atoms with Gasteiger partial charge < -0.3 is 9.47 Å². The molecule has 2 atom stereocenters. The number of ether oxygens (including phenoxy) is 2. The number of esters is 1. The van der Waals surface area contributed by atoms with Crippen LogP contribution >= 0.6 is 11.6 Å². The first kappa shape index (κ1) is 23.4. The van der Waals surface area contributed by atoms with Crippen LogP contribution in [0, 0.1) is 28.6 Å². The molecule has 36 heavy (non-hydrogen) atoms. The number of hydrogen-bond donors (Lipinski definition) is 0. The summed E-state index contributed by atoms with van der Waals surface area (Å²) in [5.41, 5.74) is 2.23. The first-order valence-corrected chi connectivity index (χ1v) is 13.1. The van der Waals surface area contributed by atoms with E-state index in [0.29, 0.717) is 29.0 Å². The summed E-state index contributed by atoms with van der Waals surface area (Å²) >= 11 is 6.74. The highest BCUT2D eigenvalue weighted by Gasteiger charge is 2.56. The van der Waals surface area contributed by atoms with Crippen LogP contribution in [0.5, 0.6) is 5.75 Å². The van der Waals surface area contributed by atoms with Crippen molar-refractivity contribution in [3.63, 3.8) is 0 Å². The second-order valence-corrected chi connectivity index (χ2v) is 11.9. The van der Waals surface area contributed by atoms with Crippen molar-refractivity contribution in [1.29, 1.82) is 5.26 Å². The van der Waals surface area contributed by atoms with Crippen molar-refractivity contribution in [2.45, 2.75) is 64.5 Å². The van der Waals surface area contributed by atoms with Gasteiger partial charge in [0.15, 0.2) is 5.43 Å². The van der Waals surface area contributed by atoms with Gasteiger partial charge in [0.2, 0.25) is 0 Å². The quantitative estimate of drug-likeness (QED) is 0.515. The second kappa shape index (κ2) is 8.01. The molecule has 3 heterocycles. The number of rotatable bonds is 5. The maximum Gasteiger partial charge on any atom is 0.343 e. The van der Waals surface area contributed by atoms with Crippen LogP contribution in [0.25, 0.3) is 11.3 Å². The van der Waals surface area contributed by atoms with Crippen LogP contribution in [-0.2, 0) is 4.74 Å². The predicted octanol–water partition coefficient (Wildman–Crippen LogP) is 5.23. The zero-order valence-corrected chi connectivity index (χ0v) is 21.6. The summed E-state index contributed by atoms with van der Waals surface area (Å²) in [5, 5.41) is 12.1. The fraction of sp³-hybridized carbons (Fsp3) is 0.536. The highest BCUT2D eigenvalue weighted by molar-refractivity contribution is 6.32. The van der Waals surface area contributed by atoms with E-state index in [4.69, 9.17) is 21.1 Å². The van der Waals surface area contributed by atoms with Gasteiger partial charge in [0.05, 0.1) is 41.6 Å². The van der Waals surface area contributed by atoms with E-state index in [1.54, 1.807) is 13.1 Å². The number of hydrogen-bond acceptors (Lipinski definition) is 6. The van der Waals surface area contributed by atoms with E-state index in [0.717, 1.165) is 43.2 Å². The highest BCUT2D eigenvalue weighted by Crippen LogP contribution is 2.61. The Bertz CT molecular complexity index is 1370. The summed E-state index contributed by atoms with van der Waals surface area (Å²) in [4.78, 5) is 25.4. The molecule has 0 amide bonds. The van der Waals surface area contributed by atoms with Gasteiger partial charge in [-0.25, -0.2) is 4.79 Å². The SMILES string of the molecule is CCOC(=O)c1cn2c(cc1=O)-c1cc(Cl)c(OCC34CC(C#N)C(C3)C4)cc1[C@H]1CCC(C)(C)N12. The van der Waals surface area contributed by atoms with Crippen molar-refractivity contribution in [1.82, 2.24) is 4.68 Å². The molecule has 0 spiro atoms. The third kappa shape index (κ3) is 3.37. The van der Waals surface area contributed by atoms with E-state index in [1.165, 1.54) is 6.07 Å². The number of carbonyl (C=O) groups excluding carboxylic acids is 1. The smallest absolute Gasteiger partial charge is 0.343 e. The summed E-state index contributed by atoms with van der Waals surface area (Å²) in [6.45, 7) is 6.85. The fourth-order valence-corrected chi connectivity index (χ4v) is 7.23. The number of nitrogens with zero attached hydrogens (tertiary/aromatic N) is 3. The average Bonchev–Trinajstić information content (AvgIpc) is 3.46. The summed E-state index contributed by atoms with van der Waals surface area (Å²) in [7, 11) is 0. The Morgan fingerprint density at radius 1 is 1.25 bits per heavy atom. The first-order chi connectivity index (χ1) is 17.2. The molecule has 2 bridgehead atoms. The lowest BCUT2D eigenvalue weighted by atomic mass is 9.70. The van der Waals surface area contributed by atoms with Crippen molar-refractivity contribution >= 4 is 17.6 Å². The van der Waals surface area contributed by atoms with Crippen LogP contribution in [0.1, 0.15) is 74.8 Å². The Labute approximate surface area is 215 Å². The molecule has 2 aliphatic heterocycles. The lowest BCUT2D eigenvalue weighted by molar-refractivity contribution is 0.0523. The number of fused-ring (bicyclic) bond motifs is 7. The van der Waals surface area contributed by atoms with Gasteiger partial charge >= 0.3 is 5.97 Å². The number of nitriles is 1. The maximum atomic E-state index is 12.9. The Morgan fingerprint density at radius 3 is 2.72 bits per heavy atom. The van der Waals surface area contributed by atoms with Gasteiger partial charge in [-0.1, -0.05) is 11.6 Å². The molecule has 188 valence electrons. The number of aromatic nitrogens is 1. The molecule has 0 N–H and O–H groups in total. The molecule has 1 saturated heterocycles. The highest BCUT2D eigenvalue weighted by atomic mass is 35.5. The molecule has 0 radical (unpaired) electrons. The molecule has 7 rings (SSSR count).